The van der Waals surface area contributed by atoms with Gasteiger partial charge in [-0.05, 0) is 66.1 Å². The lowest BCUT2D eigenvalue weighted by atomic mass is 9.91. The van der Waals surface area contributed by atoms with E-state index in [0.717, 1.165) is 41.5 Å². The van der Waals surface area contributed by atoms with E-state index in [9.17, 15) is 10.1 Å². The lowest BCUT2D eigenvalue weighted by Gasteiger charge is -2.17. The first-order valence-electron chi connectivity index (χ1n) is 11.3. The Bertz CT molecular complexity index is 1270. The number of benzene rings is 3. The summed E-state index contributed by atoms with van der Waals surface area (Å²) in [6, 6.07) is 20.3. The summed E-state index contributed by atoms with van der Waals surface area (Å²) in [7, 11) is 0. The number of rotatable bonds is 6. The number of carboxylic acids is 1. The fourth-order valence-corrected chi connectivity index (χ4v) is 5.04. The minimum Gasteiger partial charge on any atom is -0.492 e. The number of nitrogens with zero attached hydrogens (tertiary/aromatic N) is 1. The zero-order valence-corrected chi connectivity index (χ0v) is 18.5. The van der Waals surface area contributed by atoms with E-state index < -0.39 is 5.97 Å². The maximum atomic E-state index is 11.1. The highest BCUT2D eigenvalue weighted by Crippen LogP contribution is 2.42. The SMILES string of the molecule is Cc1ccccc1Cc1c(C#N)ccc2c1CC[C@H]2Oc1ccc2c(c1)OC[C@H]2CC(=O)O. The molecule has 0 bridgehead atoms. The summed E-state index contributed by atoms with van der Waals surface area (Å²) in [6.07, 6.45) is 2.44. The average molecular weight is 440 g/mol. The van der Waals surface area contributed by atoms with Crippen LogP contribution in [0.15, 0.2) is 54.6 Å². The van der Waals surface area contributed by atoms with Crippen molar-refractivity contribution >= 4 is 5.97 Å². The van der Waals surface area contributed by atoms with E-state index in [2.05, 4.69) is 25.1 Å². The highest BCUT2D eigenvalue weighted by Gasteiger charge is 2.30. The van der Waals surface area contributed by atoms with Crippen LogP contribution in [-0.4, -0.2) is 17.7 Å². The van der Waals surface area contributed by atoms with Crippen molar-refractivity contribution in [3.63, 3.8) is 0 Å². The molecule has 166 valence electrons. The Morgan fingerprint density at radius 2 is 2.00 bits per heavy atom. The highest BCUT2D eigenvalue weighted by molar-refractivity contribution is 5.68. The number of fused-ring (bicyclic) bond motifs is 2. The molecule has 2 aliphatic rings. The summed E-state index contributed by atoms with van der Waals surface area (Å²) < 4.78 is 12.1. The molecule has 1 aliphatic heterocycles. The predicted molar refractivity (Wildman–Crippen MR) is 124 cm³/mol. The largest absolute Gasteiger partial charge is 0.492 e. The summed E-state index contributed by atoms with van der Waals surface area (Å²) in [4.78, 5) is 11.1. The van der Waals surface area contributed by atoms with Crippen LogP contribution < -0.4 is 9.47 Å². The Hall–Kier alpha value is -3.78. The predicted octanol–water partition coefficient (Wildman–Crippen LogP) is 5.47. The van der Waals surface area contributed by atoms with Crippen LogP contribution >= 0.6 is 0 Å². The number of nitriles is 1. The molecule has 3 aromatic rings. The van der Waals surface area contributed by atoms with Crippen LogP contribution in [0.3, 0.4) is 0 Å². The van der Waals surface area contributed by atoms with Gasteiger partial charge in [0.1, 0.15) is 17.6 Å². The van der Waals surface area contributed by atoms with E-state index in [1.54, 1.807) is 0 Å². The second kappa shape index (κ2) is 8.63. The number of carbonyl (C=O) groups is 1. The standard InChI is InChI=1S/C28H25NO4/c1-17-4-2-3-5-18(17)12-25-19(15-29)6-8-24-23(25)10-11-26(24)33-21-7-9-22-20(13-28(30)31)16-32-27(22)14-21/h2-9,14,20,26H,10-13,16H2,1H3,(H,30,31)/t20-,26-/m1/s1. The Labute approximate surface area is 193 Å². The van der Waals surface area contributed by atoms with Gasteiger partial charge in [-0.1, -0.05) is 36.4 Å². The summed E-state index contributed by atoms with van der Waals surface area (Å²) in [5.41, 5.74) is 7.58. The van der Waals surface area contributed by atoms with Gasteiger partial charge in [0.05, 0.1) is 24.7 Å². The highest BCUT2D eigenvalue weighted by atomic mass is 16.5. The summed E-state index contributed by atoms with van der Waals surface area (Å²) >= 11 is 0. The first-order valence-corrected chi connectivity index (χ1v) is 11.3. The van der Waals surface area contributed by atoms with Crippen molar-refractivity contribution in [2.75, 3.05) is 6.61 Å². The number of aryl methyl sites for hydroxylation is 1. The molecule has 3 aromatic carbocycles. The smallest absolute Gasteiger partial charge is 0.304 e. The first-order chi connectivity index (χ1) is 16.0. The summed E-state index contributed by atoms with van der Waals surface area (Å²) in [5, 5.41) is 18.8. The zero-order valence-electron chi connectivity index (χ0n) is 18.5. The molecule has 0 saturated carbocycles. The quantitative estimate of drug-likeness (QED) is 0.551. The fourth-order valence-electron chi connectivity index (χ4n) is 5.04. The molecule has 2 atom stereocenters. The molecule has 0 amide bonds. The van der Waals surface area contributed by atoms with E-state index in [0.29, 0.717) is 18.1 Å². The van der Waals surface area contributed by atoms with Crippen LogP contribution in [0.1, 0.15) is 63.8 Å². The van der Waals surface area contributed by atoms with Gasteiger partial charge < -0.3 is 14.6 Å². The van der Waals surface area contributed by atoms with Gasteiger partial charge in [-0.15, -0.1) is 0 Å². The molecule has 33 heavy (non-hydrogen) atoms. The first kappa shape index (κ1) is 21.1. The second-order valence-corrected chi connectivity index (χ2v) is 8.83. The Morgan fingerprint density at radius 3 is 2.79 bits per heavy atom. The third-order valence-corrected chi connectivity index (χ3v) is 6.78. The van der Waals surface area contributed by atoms with Gasteiger partial charge in [0.25, 0.3) is 0 Å². The molecular formula is C28H25NO4. The number of hydrogen-bond acceptors (Lipinski definition) is 4. The third kappa shape index (κ3) is 4.05. The van der Waals surface area contributed by atoms with E-state index >= 15 is 0 Å². The molecule has 1 aliphatic carbocycles. The molecule has 5 heteroatoms. The normalized spacial score (nSPS) is 18.2. The monoisotopic (exact) mass is 439 g/mol. The van der Waals surface area contributed by atoms with Crippen molar-refractivity contribution in [3.8, 4) is 17.6 Å². The molecule has 0 fully saturated rings. The Kier molecular flexibility index (Phi) is 5.51. The number of aliphatic carboxylic acids is 1. The van der Waals surface area contributed by atoms with E-state index in [4.69, 9.17) is 14.6 Å². The molecular weight excluding hydrogens is 414 g/mol. The molecule has 5 rings (SSSR count). The van der Waals surface area contributed by atoms with E-state index in [-0.39, 0.29) is 18.4 Å². The van der Waals surface area contributed by atoms with Crippen LogP contribution in [-0.2, 0) is 17.6 Å². The van der Waals surface area contributed by atoms with E-state index in [1.807, 2.05) is 42.5 Å². The van der Waals surface area contributed by atoms with Crippen molar-refractivity contribution in [3.05, 3.63) is 93.5 Å². The topological polar surface area (TPSA) is 79.5 Å². The van der Waals surface area contributed by atoms with Gasteiger partial charge >= 0.3 is 5.97 Å². The van der Waals surface area contributed by atoms with E-state index in [1.165, 1.54) is 16.7 Å². The van der Waals surface area contributed by atoms with Gasteiger partial charge in [0, 0.05) is 17.5 Å². The van der Waals surface area contributed by atoms with Crippen LogP contribution in [0.2, 0.25) is 0 Å². The van der Waals surface area contributed by atoms with Gasteiger partial charge in [-0.2, -0.15) is 5.26 Å². The van der Waals surface area contributed by atoms with Gasteiger partial charge in [0.2, 0.25) is 0 Å². The van der Waals surface area contributed by atoms with Crippen LogP contribution in [0.4, 0.5) is 0 Å². The lowest BCUT2D eigenvalue weighted by molar-refractivity contribution is -0.137. The lowest BCUT2D eigenvalue weighted by Crippen LogP contribution is -2.07. The fraction of sp³-hybridized carbons (Fsp3) is 0.286. The third-order valence-electron chi connectivity index (χ3n) is 6.78. The van der Waals surface area contributed by atoms with Gasteiger partial charge in [-0.25, -0.2) is 0 Å². The Balaban J connectivity index is 1.40. The van der Waals surface area contributed by atoms with Crippen LogP contribution in [0.5, 0.6) is 11.5 Å². The second-order valence-electron chi connectivity index (χ2n) is 8.83. The molecule has 0 aromatic heterocycles. The van der Waals surface area contributed by atoms with Crippen LogP contribution in [0, 0.1) is 18.3 Å². The molecule has 0 spiro atoms. The molecule has 0 unspecified atom stereocenters. The molecule has 1 heterocycles. The number of ether oxygens (including phenoxy) is 2. The molecule has 0 radical (unpaired) electrons. The van der Waals surface area contributed by atoms with Crippen molar-refractivity contribution < 1.29 is 19.4 Å². The van der Waals surface area contributed by atoms with Gasteiger partial charge in [-0.3, -0.25) is 4.79 Å². The maximum Gasteiger partial charge on any atom is 0.304 e. The van der Waals surface area contributed by atoms with Crippen molar-refractivity contribution in [1.29, 1.82) is 5.26 Å². The summed E-state index contributed by atoms with van der Waals surface area (Å²) in [6.45, 7) is 2.49. The summed E-state index contributed by atoms with van der Waals surface area (Å²) in [5.74, 6) is 0.481. The van der Waals surface area contributed by atoms with Crippen molar-refractivity contribution in [2.24, 2.45) is 0 Å². The van der Waals surface area contributed by atoms with Gasteiger partial charge in [0.15, 0.2) is 0 Å². The zero-order chi connectivity index (χ0) is 22.9. The average Bonchev–Trinajstić information content (AvgIpc) is 3.39. The molecule has 1 N–H and O–H groups in total. The maximum absolute atomic E-state index is 11.1. The van der Waals surface area contributed by atoms with Crippen molar-refractivity contribution in [2.45, 2.75) is 44.6 Å². The van der Waals surface area contributed by atoms with Crippen LogP contribution in [0.25, 0.3) is 0 Å². The minimum atomic E-state index is -0.822. The Morgan fingerprint density at radius 1 is 1.18 bits per heavy atom. The van der Waals surface area contributed by atoms with Crippen molar-refractivity contribution in [1.82, 2.24) is 0 Å². The number of hydrogen-bond donors (Lipinski definition) is 1. The number of carboxylic acid groups (broad SMARTS) is 1. The molecule has 0 saturated heterocycles. The minimum absolute atomic E-state index is 0.0636. The molecule has 5 nitrogen and oxygen atoms in total.